The van der Waals surface area contributed by atoms with Crippen LogP contribution in [0.25, 0.3) is 67.5 Å². The van der Waals surface area contributed by atoms with E-state index in [1.165, 1.54) is 27.8 Å². The van der Waals surface area contributed by atoms with Gasteiger partial charge in [0.15, 0.2) is 5.82 Å². The molecule has 7 aromatic carbocycles. The third-order valence-corrected chi connectivity index (χ3v) is 11.2. The first-order valence-electron chi connectivity index (χ1n) is 19.1. The van der Waals surface area contributed by atoms with E-state index in [-0.39, 0.29) is 0 Å². The molecule has 10 rings (SSSR count). The van der Waals surface area contributed by atoms with E-state index in [0.717, 1.165) is 61.7 Å². The van der Waals surface area contributed by atoms with Crippen LogP contribution in [0.2, 0.25) is 0 Å². The van der Waals surface area contributed by atoms with Gasteiger partial charge in [0.05, 0.1) is 28.2 Å². The van der Waals surface area contributed by atoms with Crippen molar-refractivity contribution in [3.8, 4) is 67.5 Å². The Morgan fingerprint density at radius 1 is 0.357 bits per heavy atom. The lowest BCUT2D eigenvalue weighted by Crippen LogP contribution is -2.29. The first-order valence-corrected chi connectivity index (χ1v) is 19.1. The van der Waals surface area contributed by atoms with Crippen LogP contribution in [0.3, 0.4) is 0 Å². The highest BCUT2D eigenvalue weighted by Crippen LogP contribution is 2.58. The highest BCUT2D eigenvalue weighted by Gasteiger charge is 2.49. The van der Waals surface area contributed by atoms with Crippen LogP contribution in [0.15, 0.2) is 206 Å². The van der Waals surface area contributed by atoms with E-state index in [1.807, 2.05) is 12.1 Å². The van der Waals surface area contributed by atoms with Gasteiger partial charge in [0.1, 0.15) is 0 Å². The van der Waals surface area contributed by atoms with Crippen LogP contribution in [0.4, 0.5) is 0 Å². The summed E-state index contributed by atoms with van der Waals surface area (Å²) in [4.78, 5) is 16.3. The Kier molecular flexibility index (Phi) is 8.26. The SMILES string of the molecule is Cc1c(-c2ccccc2)cc(-c2ccccc2)nc1-c1ccc(-c2nc(-c3ccccc3)nc3c2C(c2ccccc2)(c2ccccc2)c2ccccc2-3)cc1. The van der Waals surface area contributed by atoms with Crippen LogP contribution >= 0.6 is 0 Å². The van der Waals surface area contributed by atoms with Gasteiger partial charge in [-0.05, 0) is 46.4 Å². The molecule has 1 aliphatic rings. The summed E-state index contributed by atoms with van der Waals surface area (Å²) < 4.78 is 0. The molecule has 0 atom stereocenters. The summed E-state index contributed by atoms with van der Waals surface area (Å²) in [5, 5.41) is 0. The van der Waals surface area contributed by atoms with Gasteiger partial charge < -0.3 is 0 Å². The molecule has 3 nitrogen and oxygen atoms in total. The molecule has 56 heavy (non-hydrogen) atoms. The minimum atomic E-state index is -0.648. The van der Waals surface area contributed by atoms with Crippen LogP contribution in [0, 0.1) is 6.92 Å². The fraction of sp³-hybridized carbons (Fsp3) is 0.0377. The van der Waals surface area contributed by atoms with Gasteiger partial charge in [-0.3, -0.25) is 0 Å². The normalized spacial score (nSPS) is 12.5. The van der Waals surface area contributed by atoms with E-state index in [4.69, 9.17) is 15.0 Å². The highest BCUT2D eigenvalue weighted by molar-refractivity contribution is 5.91. The molecule has 2 heterocycles. The smallest absolute Gasteiger partial charge is 0.160 e. The molecular formula is C53H37N3. The van der Waals surface area contributed by atoms with Gasteiger partial charge >= 0.3 is 0 Å². The minimum absolute atomic E-state index is 0.648. The molecule has 2 aromatic heterocycles. The third kappa shape index (κ3) is 5.48. The van der Waals surface area contributed by atoms with Crippen molar-refractivity contribution < 1.29 is 0 Å². The van der Waals surface area contributed by atoms with Gasteiger partial charge in [0.2, 0.25) is 0 Å². The minimum Gasteiger partial charge on any atom is -0.247 e. The van der Waals surface area contributed by atoms with Crippen molar-refractivity contribution in [1.82, 2.24) is 15.0 Å². The lowest BCUT2D eigenvalue weighted by atomic mass is 9.67. The Hall–Kier alpha value is -7.23. The van der Waals surface area contributed by atoms with Crippen LogP contribution < -0.4 is 0 Å². The summed E-state index contributed by atoms with van der Waals surface area (Å²) in [6.07, 6.45) is 0. The third-order valence-electron chi connectivity index (χ3n) is 11.2. The molecule has 9 aromatic rings. The zero-order valence-corrected chi connectivity index (χ0v) is 31.0. The number of nitrogens with zero attached hydrogens (tertiary/aromatic N) is 3. The molecule has 3 heteroatoms. The summed E-state index contributed by atoms with van der Waals surface area (Å²) in [5.41, 5.74) is 16.5. The standard InChI is InChI=1S/C53H37N3/c1-36-45(37-19-7-2-8-20-37)35-47(38-21-9-3-10-22-38)54-49(36)39-31-33-40(34-32-39)50-48-51(56-52(55-50)41-23-11-4-12-24-41)44-29-17-18-30-46(44)53(48,42-25-13-5-14-26-42)43-27-15-6-16-28-43/h2-35H,1H3. The molecule has 0 aliphatic heterocycles. The Bertz CT molecular complexity index is 2780. The van der Waals surface area contributed by atoms with E-state index in [2.05, 4.69) is 201 Å². The number of benzene rings is 7. The number of aromatic nitrogens is 3. The van der Waals surface area contributed by atoms with E-state index < -0.39 is 5.41 Å². The van der Waals surface area contributed by atoms with E-state index in [0.29, 0.717) is 5.82 Å². The van der Waals surface area contributed by atoms with Gasteiger partial charge in [-0.25, -0.2) is 15.0 Å². The maximum Gasteiger partial charge on any atom is 0.160 e. The molecule has 0 spiro atoms. The lowest BCUT2D eigenvalue weighted by Gasteiger charge is -2.34. The molecule has 0 radical (unpaired) electrons. The van der Waals surface area contributed by atoms with Gasteiger partial charge in [-0.2, -0.15) is 0 Å². The van der Waals surface area contributed by atoms with Gasteiger partial charge in [0.25, 0.3) is 0 Å². The molecular weight excluding hydrogens is 679 g/mol. The average molecular weight is 716 g/mol. The van der Waals surface area contributed by atoms with Gasteiger partial charge in [-0.15, -0.1) is 0 Å². The molecule has 264 valence electrons. The zero-order chi connectivity index (χ0) is 37.5. The Balaban J connectivity index is 1.22. The van der Waals surface area contributed by atoms with Crippen molar-refractivity contribution in [2.45, 2.75) is 12.3 Å². The van der Waals surface area contributed by atoms with Gasteiger partial charge in [-0.1, -0.05) is 200 Å². The van der Waals surface area contributed by atoms with Crippen LogP contribution in [-0.2, 0) is 5.41 Å². The summed E-state index contributed by atoms with van der Waals surface area (Å²) in [5.74, 6) is 0.704. The zero-order valence-electron chi connectivity index (χ0n) is 31.0. The predicted octanol–water partition coefficient (Wildman–Crippen LogP) is 12.9. The van der Waals surface area contributed by atoms with Crippen molar-refractivity contribution >= 4 is 0 Å². The number of rotatable bonds is 7. The Morgan fingerprint density at radius 2 is 0.821 bits per heavy atom. The number of hydrogen-bond donors (Lipinski definition) is 0. The molecule has 0 saturated heterocycles. The predicted molar refractivity (Wildman–Crippen MR) is 229 cm³/mol. The van der Waals surface area contributed by atoms with Crippen molar-refractivity contribution in [2.24, 2.45) is 0 Å². The quantitative estimate of drug-likeness (QED) is 0.165. The van der Waals surface area contributed by atoms with Crippen LogP contribution in [0.1, 0.15) is 27.8 Å². The molecule has 0 amide bonds. The van der Waals surface area contributed by atoms with Crippen molar-refractivity contribution in [3.05, 3.63) is 234 Å². The lowest BCUT2D eigenvalue weighted by molar-refractivity contribution is 0.763. The Labute approximate surface area is 327 Å². The van der Waals surface area contributed by atoms with E-state index >= 15 is 0 Å². The fourth-order valence-electron chi connectivity index (χ4n) is 8.58. The van der Waals surface area contributed by atoms with Crippen molar-refractivity contribution in [1.29, 1.82) is 0 Å². The van der Waals surface area contributed by atoms with Crippen molar-refractivity contribution in [2.75, 3.05) is 0 Å². The summed E-state index contributed by atoms with van der Waals surface area (Å²) in [6.45, 7) is 2.18. The molecule has 1 aliphatic carbocycles. The monoisotopic (exact) mass is 715 g/mol. The maximum absolute atomic E-state index is 5.51. The van der Waals surface area contributed by atoms with E-state index in [9.17, 15) is 0 Å². The van der Waals surface area contributed by atoms with Crippen molar-refractivity contribution in [3.63, 3.8) is 0 Å². The molecule has 0 fully saturated rings. The van der Waals surface area contributed by atoms with Crippen LogP contribution in [-0.4, -0.2) is 15.0 Å². The number of pyridine rings is 1. The topological polar surface area (TPSA) is 38.7 Å². The number of fused-ring (bicyclic) bond motifs is 3. The molecule has 0 saturated carbocycles. The molecule has 0 unspecified atom stereocenters. The number of hydrogen-bond acceptors (Lipinski definition) is 3. The highest BCUT2D eigenvalue weighted by atomic mass is 14.9. The molecule has 0 N–H and O–H groups in total. The second-order valence-corrected chi connectivity index (χ2v) is 14.4. The molecule has 0 bridgehead atoms. The Morgan fingerprint density at radius 3 is 1.41 bits per heavy atom. The fourth-order valence-corrected chi connectivity index (χ4v) is 8.58. The van der Waals surface area contributed by atoms with Crippen LogP contribution in [0.5, 0.6) is 0 Å². The second-order valence-electron chi connectivity index (χ2n) is 14.4. The van der Waals surface area contributed by atoms with Gasteiger partial charge in [0, 0.05) is 33.4 Å². The average Bonchev–Trinajstić information content (AvgIpc) is 3.59. The second kappa shape index (κ2) is 13.9. The summed E-state index contributed by atoms with van der Waals surface area (Å²) >= 11 is 0. The summed E-state index contributed by atoms with van der Waals surface area (Å²) in [7, 11) is 0. The maximum atomic E-state index is 5.51. The first kappa shape index (κ1) is 33.3. The largest absolute Gasteiger partial charge is 0.247 e. The first-order chi connectivity index (χ1) is 27.7. The summed E-state index contributed by atoms with van der Waals surface area (Å²) in [6, 6.07) is 72.9. The van der Waals surface area contributed by atoms with E-state index in [1.54, 1.807) is 0 Å².